The van der Waals surface area contributed by atoms with Crippen molar-refractivity contribution < 1.29 is 76.0 Å². The van der Waals surface area contributed by atoms with E-state index >= 15 is 0 Å². The Morgan fingerprint density at radius 1 is 0.376 bits per heavy atom. The van der Waals surface area contributed by atoms with E-state index in [0.717, 1.165) is 22.3 Å². The van der Waals surface area contributed by atoms with Crippen molar-refractivity contribution in [1.82, 2.24) is 0 Å². The Labute approximate surface area is 491 Å². The quantitative estimate of drug-likeness (QED) is 0.0462. The molecule has 8 aromatic rings. The highest BCUT2D eigenvalue weighted by Crippen LogP contribution is 2.39. The smallest absolute Gasteiger partial charge is 0.338 e. The van der Waals surface area contributed by atoms with E-state index in [0.29, 0.717) is 5.56 Å². The van der Waals surface area contributed by atoms with Crippen LogP contribution in [-0.2, 0) is 83.3 Å². The summed E-state index contributed by atoms with van der Waals surface area (Å²) in [7, 11) is 0. The summed E-state index contributed by atoms with van der Waals surface area (Å²) in [5.41, 5.74) is 4.35. The summed E-state index contributed by atoms with van der Waals surface area (Å²) in [5.74, 6) is -3.13. The third kappa shape index (κ3) is 15.0. The molecule has 0 spiro atoms. The normalized spacial score (nSPS) is 23.6. The van der Waals surface area contributed by atoms with Gasteiger partial charge in [0.25, 0.3) is 0 Å². The summed E-state index contributed by atoms with van der Waals surface area (Å²) in [5, 5.41) is 0. The maximum Gasteiger partial charge on any atom is 0.338 e. The van der Waals surface area contributed by atoms with Gasteiger partial charge in [0.2, 0.25) is 0 Å². The molecule has 434 valence electrons. The molecule has 0 amide bonds. The number of carbonyl (C=O) groups is 4. The summed E-state index contributed by atoms with van der Waals surface area (Å²) in [6.07, 6.45) is -13.3. The van der Waals surface area contributed by atoms with Gasteiger partial charge in [-0.25, -0.2) is 19.2 Å². The lowest BCUT2D eigenvalue weighted by Gasteiger charge is -2.49. The van der Waals surface area contributed by atoms with Crippen LogP contribution in [0, 0.1) is 0 Å². The molecular formula is C69H62O16. The van der Waals surface area contributed by atoms with Crippen LogP contribution in [0.25, 0.3) is 0 Å². The first kappa shape index (κ1) is 58.1. The molecule has 3 aliphatic heterocycles. The Kier molecular flexibility index (Phi) is 19.6. The molecule has 0 N–H and O–H groups in total. The van der Waals surface area contributed by atoms with Gasteiger partial charge in [0.1, 0.15) is 37.1 Å². The highest BCUT2D eigenvalue weighted by molar-refractivity contribution is 5.92. The predicted octanol–water partition coefficient (Wildman–Crippen LogP) is 11.0. The zero-order valence-corrected chi connectivity index (χ0v) is 46.1. The van der Waals surface area contributed by atoms with Crippen molar-refractivity contribution in [1.29, 1.82) is 0 Å². The van der Waals surface area contributed by atoms with Crippen LogP contribution in [-0.4, -0.2) is 98.5 Å². The standard InChI is InChI=1S/C69H62O16/c70-63(49-30-14-4-15-31-49)82-58-56(45-79-68-61(75-41-47-26-10-2-11-27-47)59(74-40-46-24-8-1-9-25-46)57-55(80-68)44-78-67(85-57)52-36-20-7-21-37-52)81-69(77-43-53-38-22-23-39-54(53)66(73)76-42-48-28-12-3-13-29-48)62(84-65(72)51-34-18-6-19-35-51)60(58)83-64(71)50-32-16-5-17-33-50/h1-39,55-62,67-69H,40-45H2/t55-,56-,57-,58-,59+,60+,61+,62-,67?,68-,69-/m1/s1. The maximum atomic E-state index is 14.5. The van der Waals surface area contributed by atoms with Crippen LogP contribution in [0.15, 0.2) is 237 Å². The molecule has 16 heteroatoms. The van der Waals surface area contributed by atoms with Crippen LogP contribution >= 0.6 is 0 Å². The first-order chi connectivity index (χ1) is 41.8. The van der Waals surface area contributed by atoms with E-state index in [9.17, 15) is 19.2 Å². The lowest BCUT2D eigenvalue weighted by molar-refractivity contribution is -0.378. The minimum atomic E-state index is -1.66. The van der Waals surface area contributed by atoms with E-state index in [1.165, 1.54) is 0 Å². The van der Waals surface area contributed by atoms with E-state index in [1.54, 1.807) is 115 Å². The van der Waals surface area contributed by atoms with Gasteiger partial charge < -0.3 is 56.8 Å². The molecule has 1 unspecified atom stereocenters. The minimum absolute atomic E-state index is 0.00968. The predicted molar refractivity (Wildman–Crippen MR) is 307 cm³/mol. The summed E-state index contributed by atoms with van der Waals surface area (Å²) in [6.45, 7) is -0.425. The van der Waals surface area contributed by atoms with Crippen molar-refractivity contribution in [2.75, 3.05) is 13.2 Å². The Balaban J connectivity index is 0.964. The number of rotatable bonds is 22. The van der Waals surface area contributed by atoms with Gasteiger partial charge in [-0.05, 0) is 64.7 Å². The van der Waals surface area contributed by atoms with Gasteiger partial charge in [0, 0.05) is 5.56 Å². The third-order valence-corrected chi connectivity index (χ3v) is 14.6. The van der Waals surface area contributed by atoms with E-state index in [4.69, 9.17) is 56.8 Å². The number of benzene rings is 8. The molecular weight excluding hydrogens is 1080 g/mol. The summed E-state index contributed by atoms with van der Waals surface area (Å²) in [4.78, 5) is 57.3. The molecule has 3 heterocycles. The highest BCUT2D eigenvalue weighted by atomic mass is 16.8. The minimum Gasteiger partial charge on any atom is -0.457 e. The van der Waals surface area contributed by atoms with Gasteiger partial charge in [0.15, 0.2) is 37.2 Å². The second kappa shape index (κ2) is 28.7. The topological polar surface area (TPSA) is 179 Å². The molecule has 3 saturated heterocycles. The fourth-order valence-corrected chi connectivity index (χ4v) is 10.2. The SMILES string of the molecule is O=C(O[C@@H]1[C@@H](OC(=O)c2ccccc2)[C@H](OCc2ccccc2C(=O)OCc2ccccc2)O[C@H](CO[C@@H]2O[C@@H]3COC(c4ccccc4)O[C@H]3[C@H](OCc3ccccc3)[C@@H]2OCc2ccccc2)[C@H]1OC(=O)c1ccccc1)c1ccccc1. The number of carbonyl (C=O) groups excluding carboxylic acids is 4. The van der Waals surface area contributed by atoms with Gasteiger partial charge in [-0.3, -0.25) is 0 Å². The Hall–Kier alpha value is -8.68. The average Bonchev–Trinajstić information content (AvgIpc) is 2.66. The molecule has 16 nitrogen and oxygen atoms in total. The molecule has 11 atom stereocenters. The van der Waals surface area contributed by atoms with E-state index in [-0.39, 0.29) is 55.3 Å². The maximum absolute atomic E-state index is 14.5. The molecule has 85 heavy (non-hydrogen) atoms. The first-order valence-electron chi connectivity index (χ1n) is 28.1. The summed E-state index contributed by atoms with van der Waals surface area (Å²) >= 11 is 0. The van der Waals surface area contributed by atoms with Crippen molar-refractivity contribution in [2.45, 2.75) is 94.1 Å². The second-order valence-corrected chi connectivity index (χ2v) is 20.4. The lowest BCUT2D eigenvalue weighted by atomic mass is 9.96. The van der Waals surface area contributed by atoms with E-state index in [2.05, 4.69) is 0 Å². The van der Waals surface area contributed by atoms with Crippen LogP contribution in [0.1, 0.15) is 75.5 Å². The number of ether oxygens (including phenoxy) is 12. The molecule has 0 radical (unpaired) electrons. The van der Waals surface area contributed by atoms with Crippen molar-refractivity contribution in [2.24, 2.45) is 0 Å². The zero-order valence-electron chi connectivity index (χ0n) is 46.1. The summed E-state index contributed by atoms with van der Waals surface area (Å²) in [6, 6.07) is 69.4. The Morgan fingerprint density at radius 2 is 0.824 bits per heavy atom. The van der Waals surface area contributed by atoms with Crippen LogP contribution in [0.4, 0.5) is 0 Å². The first-order valence-corrected chi connectivity index (χ1v) is 28.1. The fourth-order valence-electron chi connectivity index (χ4n) is 10.2. The Bertz CT molecular complexity index is 3400. The molecule has 3 aliphatic rings. The lowest BCUT2D eigenvalue weighted by Crippen LogP contribution is -2.65. The molecule has 0 aliphatic carbocycles. The number of esters is 4. The van der Waals surface area contributed by atoms with Gasteiger partial charge in [-0.2, -0.15) is 0 Å². The van der Waals surface area contributed by atoms with E-state index in [1.807, 2.05) is 121 Å². The zero-order chi connectivity index (χ0) is 58.2. The van der Waals surface area contributed by atoms with Crippen LogP contribution in [0.3, 0.4) is 0 Å². The van der Waals surface area contributed by atoms with Gasteiger partial charge in [0.05, 0.1) is 55.3 Å². The molecule has 0 bridgehead atoms. The van der Waals surface area contributed by atoms with Crippen LogP contribution < -0.4 is 0 Å². The van der Waals surface area contributed by atoms with Gasteiger partial charge in [-0.1, -0.05) is 194 Å². The van der Waals surface area contributed by atoms with Crippen molar-refractivity contribution in [3.63, 3.8) is 0 Å². The van der Waals surface area contributed by atoms with Gasteiger partial charge in [-0.15, -0.1) is 0 Å². The number of fused-ring (bicyclic) bond motifs is 1. The number of hydrogen-bond donors (Lipinski definition) is 0. The van der Waals surface area contributed by atoms with Gasteiger partial charge >= 0.3 is 23.9 Å². The summed E-state index contributed by atoms with van der Waals surface area (Å²) < 4.78 is 79.2. The van der Waals surface area contributed by atoms with Crippen LogP contribution in [0.5, 0.6) is 0 Å². The molecule has 0 aromatic heterocycles. The molecule has 8 aromatic carbocycles. The average molecular weight is 1150 g/mol. The highest BCUT2D eigenvalue weighted by Gasteiger charge is 2.56. The fraction of sp³-hybridized carbons (Fsp3) is 0.246. The third-order valence-electron chi connectivity index (χ3n) is 14.6. The largest absolute Gasteiger partial charge is 0.457 e. The molecule has 11 rings (SSSR count). The molecule has 3 fully saturated rings. The molecule has 0 saturated carbocycles. The number of hydrogen-bond acceptors (Lipinski definition) is 16. The van der Waals surface area contributed by atoms with Crippen molar-refractivity contribution in [3.8, 4) is 0 Å². The van der Waals surface area contributed by atoms with Crippen LogP contribution in [0.2, 0.25) is 0 Å². The Morgan fingerprint density at radius 3 is 1.38 bits per heavy atom. The second-order valence-electron chi connectivity index (χ2n) is 20.4. The van der Waals surface area contributed by atoms with E-state index < -0.39 is 98.2 Å². The van der Waals surface area contributed by atoms with Crippen molar-refractivity contribution >= 4 is 23.9 Å². The van der Waals surface area contributed by atoms with Crippen molar-refractivity contribution in [3.05, 3.63) is 287 Å². The monoisotopic (exact) mass is 1150 g/mol.